The lowest BCUT2D eigenvalue weighted by molar-refractivity contribution is -0.147. The Kier molecular flexibility index (Phi) is 2.74. The van der Waals surface area contributed by atoms with Crippen molar-refractivity contribution in [3.05, 3.63) is 17.7 Å². The number of aryl methyl sites for hydroxylation is 1. The van der Waals surface area contributed by atoms with Crippen LogP contribution in [0.5, 0.6) is 0 Å². The number of imidazole rings is 1. The Labute approximate surface area is 95.3 Å². The van der Waals surface area contributed by atoms with Crippen LogP contribution in [0.25, 0.3) is 0 Å². The average molecular weight is 222 g/mol. The van der Waals surface area contributed by atoms with Crippen LogP contribution in [0.3, 0.4) is 0 Å². The van der Waals surface area contributed by atoms with Crippen molar-refractivity contribution in [2.45, 2.75) is 46.1 Å². The minimum absolute atomic E-state index is 0.505. The summed E-state index contributed by atoms with van der Waals surface area (Å²) < 4.78 is 2.02. The van der Waals surface area contributed by atoms with Gasteiger partial charge in [-0.2, -0.15) is 0 Å². The molecule has 4 heteroatoms. The second-order valence-electron chi connectivity index (χ2n) is 5.16. The highest BCUT2D eigenvalue weighted by Crippen LogP contribution is 2.24. The fraction of sp³-hybridized carbons (Fsp3) is 0.667. The third-order valence-electron chi connectivity index (χ3n) is 3.25. The van der Waals surface area contributed by atoms with Gasteiger partial charge in [-0.05, 0) is 39.5 Å². The van der Waals surface area contributed by atoms with Crippen molar-refractivity contribution < 1.29 is 9.90 Å². The lowest BCUT2D eigenvalue weighted by atomic mass is 9.93. The second-order valence-corrected chi connectivity index (χ2v) is 5.16. The number of carboxylic acids is 1. The summed E-state index contributed by atoms with van der Waals surface area (Å²) in [6.07, 6.45) is 6.25. The molecule has 0 radical (unpaired) electrons. The molecule has 2 rings (SSSR count). The number of aromatic nitrogens is 2. The van der Waals surface area contributed by atoms with Gasteiger partial charge in [-0.15, -0.1) is 0 Å². The molecule has 1 aliphatic carbocycles. The molecule has 16 heavy (non-hydrogen) atoms. The van der Waals surface area contributed by atoms with Gasteiger partial charge in [0.25, 0.3) is 0 Å². The van der Waals surface area contributed by atoms with Gasteiger partial charge in [0.2, 0.25) is 0 Å². The first-order chi connectivity index (χ1) is 7.50. The van der Waals surface area contributed by atoms with E-state index in [2.05, 4.69) is 4.98 Å². The largest absolute Gasteiger partial charge is 0.481 e. The molecule has 0 bridgehead atoms. The van der Waals surface area contributed by atoms with Gasteiger partial charge in [-0.3, -0.25) is 4.79 Å². The first-order valence-electron chi connectivity index (χ1n) is 5.77. The SMILES string of the molecule is CC(C)(Cn1cnc2c1CCCC2)C(=O)O. The second kappa shape index (κ2) is 3.92. The van der Waals surface area contributed by atoms with Gasteiger partial charge in [0.15, 0.2) is 0 Å². The Morgan fingerprint density at radius 3 is 2.88 bits per heavy atom. The van der Waals surface area contributed by atoms with Crippen LogP contribution in [-0.4, -0.2) is 20.6 Å². The maximum Gasteiger partial charge on any atom is 0.310 e. The fourth-order valence-corrected chi connectivity index (χ4v) is 2.16. The van der Waals surface area contributed by atoms with Gasteiger partial charge in [0.05, 0.1) is 17.4 Å². The molecule has 88 valence electrons. The van der Waals surface area contributed by atoms with E-state index in [0.717, 1.165) is 18.5 Å². The molecule has 0 aliphatic heterocycles. The monoisotopic (exact) mass is 222 g/mol. The van der Waals surface area contributed by atoms with Crippen molar-refractivity contribution in [3.63, 3.8) is 0 Å². The Balaban J connectivity index is 2.22. The van der Waals surface area contributed by atoms with Crippen molar-refractivity contribution in [2.24, 2.45) is 5.41 Å². The van der Waals surface area contributed by atoms with E-state index >= 15 is 0 Å². The number of fused-ring (bicyclic) bond motifs is 1. The van der Waals surface area contributed by atoms with E-state index in [-0.39, 0.29) is 0 Å². The molecule has 1 aromatic heterocycles. The van der Waals surface area contributed by atoms with E-state index in [1.807, 2.05) is 4.57 Å². The van der Waals surface area contributed by atoms with Crippen molar-refractivity contribution >= 4 is 5.97 Å². The molecule has 1 aliphatic rings. The fourth-order valence-electron chi connectivity index (χ4n) is 2.16. The zero-order valence-electron chi connectivity index (χ0n) is 9.86. The van der Waals surface area contributed by atoms with Crippen molar-refractivity contribution in [1.29, 1.82) is 0 Å². The summed E-state index contributed by atoms with van der Waals surface area (Å²) in [5.74, 6) is -0.759. The van der Waals surface area contributed by atoms with Gasteiger partial charge < -0.3 is 9.67 Å². The molecule has 0 atom stereocenters. The minimum Gasteiger partial charge on any atom is -0.481 e. The Morgan fingerprint density at radius 2 is 2.19 bits per heavy atom. The number of rotatable bonds is 3. The summed E-state index contributed by atoms with van der Waals surface area (Å²) in [5, 5.41) is 9.11. The van der Waals surface area contributed by atoms with Gasteiger partial charge in [0, 0.05) is 12.2 Å². The highest BCUT2D eigenvalue weighted by Gasteiger charge is 2.29. The number of hydrogen-bond acceptors (Lipinski definition) is 2. The smallest absolute Gasteiger partial charge is 0.310 e. The molecule has 4 nitrogen and oxygen atoms in total. The van der Waals surface area contributed by atoms with Gasteiger partial charge in [-0.25, -0.2) is 4.98 Å². The third-order valence-corrected chi connectivity index (χ3v) is 3.25. The third kappa shape index (κ3) is 1.96. The van der Waals surface area contributed by atoms with Gasteiger partial charge >= 0.3 is 5.97 Å². The van der Waals surface area contributed by atoms with Crippen LogP contribution < -0.4 is 0 Å². The number of aliphatic carboxylic acids is 1. The first kappa shape index (κ1) is 11.2. The quantitative estimate of drug-likeness (QED) is 0.849. The molecule has 1 heterocycles. The molecule has 0 unspecified atom stereocenters. The van der Waals surface area contributed by atoms with Crippen LogP contribution in [0.4, 0.5) is 0 Å². The number of carboxylic acid groups (broad SMARTS) is 1. The van der Waals surface area contributed by atoms with Crippen LogP contribution in [0.1, 0.15) is 38.1 Å². The predicted octanol–water partition coefficient (Wildman–Crippen LogP) is 1.87. The van der Waals surface area contributed by atoms with Crippen LogP contribution in [0, 0.1) is 5.41 Å². The Morgan fingerprint density at radius 1 is 1.50 bits per heavy atom. The molecule has 0 spiro atoms. The zero-order valence-corrected chi connectivity index (χ0v) is 9.86. The van der Waals surface area contributed by atoms with Crippen LogP contribution in [0.15, 0.2) is 6.33 Å². The van der Waals surface area contributed by atoms with E-state index in [0.29, 0.717) is 6.54 Å². The molecule has 0 fully saturated rings. The Bertz CT molecular complexity index is 407. The topological polar surface area (TPSA) is 55.1 Å². The molecule has 1 aromatic rings. The highest BCUT2D eigenvalue weighted by molar-refractivity contribution is 5.73. The van der Waals surface area contributed by atoms with E-state index in [9.17, 15) is 4.79 Å². The van der Waals surface area contributed by atoms with Crippen molar-refractivity contribution in [2.75, 3.05) is 0 Å². The average Bonchev–Trinajstić information content (AvgIpc) is 2.61. The van der Waals surface area contributed by atoms with E-state index in [1.165, 1.54) is 18.5 Å². The molecule has 0 amide bonds. The summed E-state index contributed by atoms with van der Waals surface area (Å²) in [7, 11) is 0. The van der Waals surface area contributed by atoms with E-state index < -0.39 is 11.4 Å². The molecule has 0 saturated carbocycles. The Hall–Kier alpha value is -1.32. The first-order valence-corrected chi connectivity index (χ1v) is 5.77. The van der Waals surface area contributed by atoms with Crippen LogP contribution in [-0.2, 0) is 24.2 Å². The highest BCUT2D eigenvalue weighted by atomic mass is 16.4. The molecule has 0 aromatic carbocycles. The van der Waals surface area contributed by atoms with Crippen molar-refractivity contribution in [3.8, 4) is 0 Å². The lowest BCUT2D eigenvalue weighted by Gasteiger charge is -2.22. The standard InChI is InChI=1S/C12H18N2O2/c1-12(2,11(15)16)7-14-8-13-9-5-3-4-6-10(9)14/h8H,3-7H2,1-2H3,(H,15,16). The summed E-state index contributed by atoms with van der Waals surface area (Å²) >= 11 is 0. The summed E-state index contributed by atoms with van der Waals surface area (Å²) in [4.78, 5) is 15.5. The molecule has 1 N–H and O–H groups in total. The normalized spacial score (nSPS) is 15.9. The number of hydrogen-bond donors (Lipinski definition) is 1. The maximum absolute atomic E-state index is 11.1. The molecular formula is C12H18N2O2. The van der Waals surface area contributed by atoms with Gasteiger partial charge in [-0.1, -0.05) is 0 Å². The zero-order chi connectivity index (χ0) is 11.8. The summed E-state index contributed by atoms with van der Waals surface area (Å²) in [6, 6.07) is 0. The van der Waals surface area contributed by atoms with E-state index in [1.54, 1.807) is 20.2 Å². The maximum atomic E-state index is 11.1. The number of carbonyl (C=O) groups is 1. The van der Waals surface area contributed by atoms with E-state index in [4.69, 9.17) is 5.11 Å². The molecule has 0 saturated heterocycles. The molecular weight excluding hydrogens is 204 g/mol. The van der Waals surface area contributed by atoms with Gasteiger partial charge in [0.1, 0.15) is 0 Å². The predicted molar refractivity (Wildman–Crippen MR) is 60.3 cm³/mol. The minimum atomic E-state index is -0.759. The van der Waals surface area contributed by atoms with Crippen LogP contribution >= 0.6 is 0 Å². The lowest BCUT2D eigenvalue weighted by Crippen LogP contribution is -2.29. The van der Waals surface area contributed by atoms with Crippen LogP contribution in [0.2, 0.25) is 0 Å². The van der Waals surface area contributed by atoms with Crippen molar-refractivity contribution in [1.82, 2.24) is 9.55 Å². The summed E-state index contributed by atoms with van der Waals surface area (Å²) in [5.41, 5.74) is 1.67. The number of nitrogens with zero attached hydrogens (tertiary/aromatic N) is 2. The summed E-state index contributed by atoms with van der Waals surface area (Å²) in [6.45, 7) is 4.01.